The van der Waals surface area contributed by atoms with E-state index in [0.29, 0.717) is 0 Å². The number of nitro groups is 2. The van der Waals surface area contributed by atoms with Crippen LogP contribution in [-0.2, 0) is 9.59 Å². The average molecular weight is 426 g/mol. The summed E-state index contributed by atoms with van der Waals surface area (Å²) in [5.74, 6) is -0.933. The SMILES string of the molecule is O=C(CCCC(=O)N/N=C/c1ccccc1[N+](=O)[O-])N/N=C/c1ccccc1[N+](=O)[O-]. The summed E-state index contributed by atoms with van der Waals surface area (Å²) in [6.45, 7) is 0. The molecule has 0 heterocycles. The van der Waals surface area contributed by atoms with E-state index in [9.17, 15) is 29.8 Å². The summed E-state index contributed by atoms with van der Waals surface area (Å²) >= 11 is 0. The third-order valence-corrected chi connectivity index (χ3v) is 3.86. The summed E-state index contributed by atoms with van der Waals surface area (Å²) in [6, 6.07) is 11.9. The van der Waals surface area contributed by atoms with Gasteiger partial charge in [0.15, 0.2) is 0 Å². The van der Waals surface area contributed by atoms with Gasteiger partial charge in [-0.05, 0) is 18.6 Å². The summed E-state index contributed by atoms with van der Waals surface area (Å²) in [6.07, 6.45) is 2.53. The standard InChI is InChI=1S/C19H18N6O6/c26-18(22-20-12-14-6-1-3-8-16(14)24(28)29)10-5-11-19(27)23-21-13-15-7-2-4-9-17(15)25(30)31/h1-4,6-9,12-13H,5,10-11H2,(H,22,26)(H,23,27)/b20-12+,21-13+. The minimum Gasteiger partial charge on any atom is -0.273 e. The zero-order valence-electron chi connectivity index (χ0n) is 16.1. The Morgan fingerprint density at radius 1 is 0.774 bits per heavy atom. The fourth-order valence-electron chi connectivity index (χ4n) is 2.39. The lowest BCUT2D eigenvalue weighted by molar-refractivity contribution is -0.385. The molecule has 2 aromatic carbocycles. The van der Waals surface area contributed by atoms with E-state index in [1.807, 2.05) is 0 Å². The van der Waals surface area contributed by atoms with E-state index in [-0.39, 0.29) is 41.8 Å². The molecule has 0 radical (unpaired) electrons. The van der Waals surface area contributed by atoms with Crippen molar-refractivity contribution in [3.05, 3.63) is 79.9 Å². The molecule has 0 spiro atoms. The second-order valence-corrected chi connectivity index (χ2v) is 6.07. The highest BCUT2D eigenvalue weighted by atomic mass is 16.6. The van der Waals surface area contributed by atoms with Crippen molar-refractivity contribution < 1.29 is 19.4 Å². The number of para-hydroxylation sites is 2. The molecule has 0 aliphatic rings. The summed E-state index contributed by atoms with van der Waals surface area (Å²) in [5, 5.41) is 29.2. The lowest BCUT2D eigenvalue weighted by atomic mass is 10.2. The van der Waals surface area contributed by atoms with Crippen molar-refractivity contribution in [3.8, 4) is 0 Å². The first-order chi connectivity index (χ1) is 14.9. The first-order valence-electron chi connectivity index (χ1n) is 8.99. The molecule has 160 valence electrons. The van der Waals surface area contributed by atoms with Gasteiger partial charge >= 0.3 is 0 Å². The molecule has 0 fully saturated rings. The number of nitro benzene ring substituents is 2. The maximum atomic E-state index is 11.8. The second kappa shape index (κ2) is 11.5. The maximum Gasteiger partial charge on any atom is 0.278 e. The number of amides is 2. The summed E-state index contributed by atoms with van der Waals surface area (Å²) < 4.78 is 0. The van der Waals surface area contributed by atoms with Gasteiger partial charge in [-0.1, -0.05) is 24.3 Å². The quantitative estimate of drug-likeness (QED) is 0.335. The Morgan fingerprint density at radius 3 is 1.55 bits per heavy atom. The van der Waals surface area contributed by atoms with Gasteiger partial charge in [-0.15, -0.1) is 0 Å². The molecule has 2 rings (SSSR count). The van der Waals surface area contributed by atoms with Crippen molar-refractivity contribution in [3.63, 3.8) is 0 Å². The zero-order chi connectivity index (χ0) is 22.6. The predicted molar refractivity (Wildman–Crippen MR) is 112 cm³/mol. The zero-order valence-corrected chi connectivity index (χ0v) is 16.1. The lowest BCUT2D eigenvalue weighted by Crippen LogP contribution is -2.20. The van der Waals surface area contributed by atoms with Crippen LogP contribution in [0, 0.1) is 20.2 Å². The van der Waals surface area contributed by atoms with Crippen LogP contribution in [0.4, 0.5) is 11.4 Å². The van der Waals surface area contributed by atoms with Gasteiger partial charge in [0.05, 0.1) is 33.4 Å². The van der Waals surface area contributed by atoms with E-state index in [1.54, 1.807) is 12.1 Å². The lowest BCUT2D eigenvalue weighted by Gasteiger charge is -2.01. The molecule has 2 aromatic rings. The molecular formula is C19H18N6O6. The molecule has 31 heavy (non-hydrogen) atoms. The van der Waals surface area contributed by atoms with Gasteiger partial charge in [0, 0.05) is 25.0 Å². The Hall–Kier alpha value is -4.48. The molecule has 12 nitrogen and oxygen atoms in total. The number of carbonyl (C=O) groups excluding carboxylic acids is 2. The van der Waals surface area contributed by atoms with Crippen LogP contribution in [0.15, 0.2) is 58.7 Å². The molecular weight excluding hydrogens is 408 g/mol. The number of hydrazone groups is 2. The third-order valence-electron chi connectivity index (χ3n) is 3.86. The number of hydrogen-bond donors (Lipinski definition) is 2. The molecule has 2 N–H and O–H groups in total. The van der Waals surface area contributed by atoms with E-state index in [2.05, 4.69) is 21.1 Å². The average Bonchev–Trinajstić information content (AvgIpc) is 2.74. The van der Waals surface area contributed by atoms with E-state index in [1.165, 1.54) is 48.8 Å². The monoisotopic (exact) mass is 426 g/mol. The summed E-state index contributed by atoms with van der Waals surface area (Å²) in [7, 11) is 0. The van der Waals surface area contributed by atoms with Crippen LogP contribution in [0.2, 0.25) is 0 Å². The van der Waals surface area contributed by atoms with Crippen molar-refractivity contribution in [2.45, 2.75) is 19.3 Å². The molecule has 0 atom stereocenters. The van der Waals surface area contributed by atoms with E-state index < -0.39 is 21.7 Å². The van der Waals surface area contributed by atoms with Gasteiger partial charge in [0.25, 0.3) is 11.4 Å². The van der Waals surface area contributed by atoms with Crippen LogP contribution in [0.1, 0.15) is 30.4 Å². The smallest absolute Gasteiger partial charge is 0.273 e. The number of hydrogen-bond acceptors (Lipinski definition) is 8. The first kappa shape index (κ1) is 22.8. The fraction of sp³-hybridized carbons (Fsp3) is 0.158. The van der Waals surface area contributed by atoms with Crippen LogP contribution < -0.4 is 10.9 Å². The van der Waals surface area contributed by atoms with Crippen molar-refractivity contribution in [1.82, 2.24) is 10.9 Å². The molecule has 0 bridgehead atoms. The molecule has 0 saturated carbocycles. The van der Waals surface area contributed by atoms with Gasteiger partial charge in [-0.2, -0.15) is 10.2 Å². The molecule has 0 aliphatic carbocycles. The minimum absolute atomic E-state index is 0.00445. The molecule has 0 unspecified atom stereocenters. The van der Waals surface area contributed by atoms with Crippen LogP contribution in [-0.4, -0.2) is 34.1 Å². The van der Waals surface area contributed by atoms with Gasteiger partial charge in [-0.3, -0.25) is 29.8 Å². The molecule has 12 heteroatoms. The molecule has 0 aromatic heterocycles. The summed E-state index contributed by atoms with van der Waals surface area (Å²) in [5.41, 5.74) is 4.67. The summed E-state index contributed by atoms with van der Waals surface area (Å²) in [4.78, 5) is 44.2. The Kier molecular flexibility index (Phi) is 8.46. The van der Waals surface area contributed by atoms with Gasteiger partial charge in [0.2, 0.25) is 11.8 Å². The second-order valence-electron chi connectivity index (χ2n) is 6.07. The minimum atomic E-state index is -0.555. The molecule has 0 saturated heterocycles. The number of benzene rings is 2. The molecule has 0 aliphatic heterocycles. The Morgan fingerprint density at radius 2 is 1.16 bits per heavy atom. The van der Waals surface area contributed by atoms with E-state index in [0.717, 1.165) is 0 Å². The van der Waals surface area contributed by atoms with Crippen molar-refractivity contribution in [2.24, 2.45) is 10.2 Å². The van der Waals surface area contributed by atoms with Gasteiger partial charge in [-0.25, -0.2) is 10.9 Å². The third kappa shape index (κ3) is 7.45. The highest BCUT2D eigenvalue weighted by Gasteiger charge is 2.11. The maximum absolute atomic E-state index is 11.8. The number of rotatable bonds is 10. The highest BCUT2D eigenvalue weighted by molar-refractivity contribution is 5.87. The predicted octanol–water partition coefficient (Wildman–Crippen LogP) is 2.27. The van der Waals surface area contributed by atoms with Crippen molar-refractivity contribution in [1.29, 1.82) is 0 Å². The van der Waals surface area contributed by atoms with Crippen LogP contribution in [0.5, 0.6) is 0 Å². The molecule has 2 amide bonds. The van der Waals surface area contributed by atoms with Crippen molar-refractivity contribution >= 4 is 35.6 Å². The largest absolute Gasteiger partial charge is 0.278 e. The Labute approximate surface area is 176 Å². The van der Waals surface area contributed by atoms with Gasteiger partial charge in [0.1, 0.15) is 0 Å². The van der Waals surface area contributed by atoms with Crippen molar-refractivity contribution in [2.75, 3.05) is 0 Å². The van der Waals surface area contributed by atoms with Crippen LogP contribution >= 0.6 is 0 Å². The first-order valence-corrected chi connectivity index (χ1v) is 8.99. The number of nitrogens with zero attached hydrogens (tertiary/aromatic N) is 4. The normalized spacial score (nSPS) is 10.8. The van der Waals surface area contributed by atoms with Gasteiger partial charge < -0.3 is 0 Å². The Bertz CT molecular complexity index is 955. The van der Waals surface area contributed by atoms with Crippen LogP contribution in [0.3, 0.4) is 0 Å². The fourth-order valence-corrected chi connectivity index (χ4v) is 2.39. The van der Waals surface area contributed by atoms with E-state index >= 15 is 0 Å². The number of carbonyl (C=O) groups is 2. The van der Waals surface area contributed by atoms with Crippen LogP contribution in [0.25, 0.3) is 0 Å². The van der Waals surface area contributed by atoms with E-state index in [4.69, 9.17) is 0 Å². The topological polar surface area (TPSA) is 169 Å². The highest BCUT2D eigenvalue weighted by Crippen LogP contribution is 2.15. The number of nitrogens with one attached hydrogen (secondary N) is 2. The Balaban J connectivity index is 1.73.